The fourth-order valence-corrected chi connectivity index (χ4v) is 6.56. The van der Waals surface area contributed by atoms with Gasteiger partial charge in [-0.2, -0.15) is 9.40 Å². The molecule has 1 saturated heterocycles. The van der Waals surface area contributed by atoms with E-state index in [0.717, 1.165) is 42.8 Å². The number of nitrogens with zero attached hydrogens (tertiary/aromatic N) is 4. The van der Waals surface area contributed by atoms with Crippen molar-refractivity contribution in [3.63, 3.8) is 0 Å². The minimum absolute atomic E-state index is 0.423. The zero-order chi connectivity index (χ0) is 17.7. The van der Waals surface area contributed by atoms with Crippen LogP contribution in [0, 0.1) is 0 Å². The molecule has 1 fully saturated rings. The monoisotopic (exact) mass is 446 g/mol. The maximum Gasteiger partial charge on any atom is 0.252 e. The van der Waals surface area contributed by atoms with Gasteiger partial charge in [0.05, 0.1) is 3.79 Å². The second-order valence-corrected chi connectivity index (χ2v) is 10.8. The maximum atomic E-state index is 12.6. The highest BCUT2D eigenvalue weighted by molar-refractivity contribution is 9.11. The maximum absolute atomic E-state index is 12.6. The van der Waals surface area contributed by atoms with Gasteiger partial charge in [-0.25, -0.2) is 8.42 Å². The smallest absolute Gasteiger partial charge is 0.252 e. The van der Waals surface area contributed by atoms with Gasteiger partial charge in [-0.05, 0) is 53.5 Å². The highest BCUT2D eigenvalue weighted by Gasteiger charge is 2.29. The fraction of sp³-hybridized carbons (Fsp3) is 0.562. The first-order chi connectivity index (χ1) is 12.1. The molecule has 0 amide bonds. The molecule has 0 N–H and O–H groups in total. The molecule has 138 valence electrons. The van der Waals surface area contributed by atoms with Gasteiger partial charge in [0.1, 0.15) is 4.21 Å². The lowest BCUT2D eigenvalue weighted by Gasteiger charge is -2.33. The van der Waals surface area contributed by atoms with Crippen molar-refractivity contribution >= 4 is 37.3 Å². The fourth-order valence-electron chi connectivity index (χ4n) is 2.98. The Labute approximate surface area is 161 Å². The molecule has 0 atom stereocenters. The van der Waals surface area contributed by atoms with E-state index < -0.39 is 10.0 Å². The van der Waals surface area contributed by atoms with E-state index in [1.54, 1.807) is 16.4 Å². The van der Waals surface area contributed by atoms with Crippen molar-refractivity contribution in [3.8, 4) is 0 Å². The predicted molar refractivity (Wildman–Crippen MR) is 103 cm³/mol. The summed E-state index contributed by atoms with van der Waals surface area (Å²) in [5.74, 6) is 0. The summed E-state index contributed by atoms with van der Waals surface area (Å²) in [4.78, 5) is 2.37. The molecule has 1 aliphatic rings. The zero-order valence-electron chi connectivity index (χ0n) is 14.1. The number of unbranched alkanes of at least 4 members (excludes halogenated alkanes) is 2. The number of piperazine rings is 1. The first-order valence-corrected chi connectivity index (χ1v) is 11.6. The molecule has 1 aliphatic heterocycles. The summed E-state index contributed by atoms with van der Waals surface area (Å²) < 4.78 is 30.1. The third-order valence-electron chi connectivity index (χ3n) is 4.39. The van der Waals surface area contributed by atoms with Gasteiger partial charge in [0, 0.05) is 45.1 Å². The predicted octanol–water partition coefficient (Wildman–Crippen LogP) is 2.88. The average molecular weight is 447 g/mol. The molecule has 0 aromatic carbocycles. The van der Waals surface area contributed by atoms with Crippen molar-refractivity contribution in [1.29, 1.82) is 0 Å². The van der Waals surface area contributed by atoms with Crippen LogP contribution in [0.5, 0.6) is 0 Å². The van der Waals surface area contributed by atoms with Gasteiger partial charge in [0.25, 0.3) is 10.0 Å². The lowest BCUT2D eigenvalue weighted by Crippen LogP contribution is -2.48. The number of hydrogen-bond acceptors (Lipinski definition) is 5. The molecule has 3 heterocycles. The molecular weight excluding hydrogens is 424 g/mol. The van der Waals surface area contributed by atoms with Gasteiger partial charge in [-0.1, -0.05) is 6.42 Å². The second kappa shape index (κ2) is 8.77. The summed E-state index contributed by atoms with van der Waals surface area (Å²) in [6, 6.07) is 5.41. The van der Waals surface area contributed by atoms with Gasteiger partial charge in [-0.3, -0.25) is 4.68 Å². The lowest BCUT2D eigenvalue weighted by molar-refractivity contribution is 0.185. The Hall–Kier alpha value is -0.740. The highest BCUT2D eigenvalue weighted by atomic mass is 79.9. The molecule has 2 aromatic heterocycles. The van der Waals surface area contributed by atoms with Crippen LogP contribution >= 0.6 is 27.3 Å². The molecule has 25 heavy (non-hydrogen) atoms. The van der Waals surface area contributed by atoms with Gasteiger partial charge >= 0.3 is 0 Å². The molecule has 0 saturated carbocycles. The third kappa shape index (κ3) is 5.13. The summed E-state index contributed by atoms with van der Waals surface area (Å²) in [5, 5.41) is 4.20. The molecule has 3 rings (SSSR count). The Kier molecular flexibility index (Phi) is 6.67. The van der Waals surface area contributed by atoms with Crippen molar-refractivity contribution in [2.75, 3.05) is 32.7 Å². The van der Waals surface area contributed by atoms with E-state index in [-0.39, 0.29) is 0 Å². The Bertz CT molecular complexity index is 753. The van der Waals surface area contributed by atoms with Gasteiger partial charge in [-0.15, -0.1) is 11.3 Å². The van der Waals surface area contributed by atoms with Crippen LogP contribution in [-0.4, -0.2) is 60.1 Å². The van der Waals surface area contributed by atoms with E-state index in [0.29, 0.717) is 17.3 Å². The van der Waals surface area contributed by atoms with Crippen LogP contribution in [0.1, 0.15) is 19.3 Å². The normalized spacial score (nSPS) is 17.2. The number of hydrogen-bond donors (Lipinski definition) is 0. The number of halogens is 1. The number of thiophene rings is 1. The van der Waals surface area contributed by atoms with Crippen LogP contribution in [-0.2, 0) is 16.6 Å². The van der Waals surface area contributed by atoms with E-state index in [9.17, 15) is 8.42 Å². The third-order valence-corrected chi connectivity index (χ3v) is 8.38. The topological polar surface area (TPSA) is 58.4 Å². The Balaban J connectivity index is 1.37. The highest BCUT2D eigenvalue weighted by Crippen LogP contribution is 2.28. The molecule has 6 nitrogen and oxygen atoms in total. The summed E-state index contributed by atoms with van der Waals surface area (Å²) >= 11 is 4.61. The molecule has 0 bridgehead atoms. The van der Waals surface area contributed by atoms with Crippen molar-refractivity contribution in [3.05, 3.63) is 34.4 Å². The summed E-state index contributed by atoms with van der Waals surface area (Å²) in [7, 11) is -3.33. The van der Waals surface area contributed by atoms with Crippen molar-refractivity contribution in [2.24, 2.45) is 0 Å². The molecule has 0 unspecified atom stereocenters. The van der Waals surface area contributed by atoms with E-state index in [4.69, 9.17) is 0 Å². The van der Waals surface area contributed by atoms with E-state index >= 15 is 0 Å². The first kappa shape index (κ1) is 19.0. The standard InChI is InChI=1S/C16H23BrN4O2S2/c17-15-5-6-16(24-15)25(22,23)21-13-11-19(12-14-21)8-2-1-3-9-20-10-4-7-18-20/h4-7,10H,1-3,8-9,11-14H2. The van der Waals surface area contributed by atoms with Crippen molar-refractivity contribution in [1.82, 2.24) is 19.0 Å². The summed E-state index contributed by atoms with van der Waals surface area (Å²) in [6.45, 7) is 4.78. The van der Waals surface area contributed by atoms with Gasteiger partial charge in [0.2, 0.25) is 0 Å². The SMILES string of the molecule is O=S(=O)(c1ccc(Br)s1)N1CCN(CCCCCn2cccn2)CC1. The minimum Gasteiger partial charge on any atom is -0.301 e. The second-order valence-electron chi connectivity index (χ2n) is 6.13. The first-order valence-electron chi connectivity index (χ1n) is 8.51. The summed E-state index contributed by atoms with van der Waals surface area (Å²) in [5.41, 5.74) is 0. The Morgan fingerprint density at radius 1 is 1.08 bits per heavy atom. The lowest BCUT2D eigenvalue weighted by atomic mass is 10.2. The van der Waals surface area contributed by atoms with Crippen LogP contribution < -0.4 is 0 Å². The molecule has 9 heteroatoms. The largest absolute Gasteiger partial charge is 0.301 e. The zero-order valence-corrected chi connectivity index (χ0v) is 17.3. The molecule has 2 aromatic rings. The van der Waals surface area contributed by atoms with Crippen LogP contribution in [0.15, 0.2) is 38.6 Å². The minimum atomic E-state index is -3.33. The van der Waals surface area contributed by atoms with Gasteiger partial charge < -0.3 is 4.90 Å². The molecular formula is C16H23BrN4O2S2. The Morgan fingerprint density at radius 2 is 1.84 bits per heavy atom. The van der Waals surface area contributed by atoms with Crippen LogP contribution in [0.3, 0.4) is 0 Å². The van der Waals surface area contributed by atoms with Crippen LogP contribution in [0.4, 0.5) is 0 Å². The number of rotatable bonds is 8. The van der Waals surface area contributed by atoms with Crippen molar-refractivity contribution < 1.29 is 8.42 Å². The quantitative estimate of drug-likeness (QED) is 0.584. The van der Waals surface area contributed by atoms with E-state index in [2.05, 4.69) is 25.9 Å². The number of aromatic nitrogens is 2. The Morgan fingerprint density at radius 3 is 2.48 bits per heavy atom. The van der Waals surface area contributed by atoms with E-state index in [1.807, 2.05) is 23.1 Å². The molecule has 0 radical (unpaired) electrons. The number of sulfonamides is 1. The molecule has 0 spiro atoms. The van der Waals surface area contributed by atoms with Gasteiger partial charge in [0.15, 0.2) is 0 Å². The van der Waals surface area contributed by atoms with E-state index in [1.165, 1.54) is 17.8 Å². The van der Waals surface area contributed by atoms with Crippen molar-refractivity contribution in [2.45, 2.75) is 30.0 Å². The number of aryl methyl sites for hydroxylation is 1. The summed E-state index contributed by atoms with van der Waals surface area (Å²) in [6.07, 6.45) is 7.24. The van der Waals surface area contributed by atoms with Crippen LogP contribution in [0.25, 0.3) is 0 Å². The van der Waals surface area contributed by atoms with Crippen LogP contribution in [0.2, 0.25) is 0 Å². The average Bonchev–Trinajstić information content (AvgIpc) is 3.27. The molecule has 0 aliphatic carbocycles.